The molecule has 1 saturated heterocycles. The lowest BCUT2D eigenvalue weighted by Crippen LogP contribution is -2.41. The molecule has 0 N–H and O–H groups in total. The highest BCUT2D eigenvalue weighted by molar-refractivity contribution is 4.79. The molecule has 0 radical (unpaired) electrons. The highest BCUT2D eigenvalue weighted by Crippen LogP contribution is 2.34. The van der Waals surface area contributed by atoms with Gasteiger partial charge >= 0.3 is 0 Å². The molecule has 3 unspecified atom stereocenters. The van der Waals surface area contributed by atoms with E-state index >= 15 is 0 Å². The highest BCUT2D eigenvalue weighted by atomic mass is 19.1. The van der Waals surface area contributed by atoms with Crippen LogP contribution in [0.5, 0.6) is 0 Å². The van der Waals surface area contributed by atoms with Gasteiger partial charge in [-0.3, -0.25) is 0 Å². The Labute approximate surface area is 67.9 Å². The van der Waals surface area contributed by atoms with Gasteiger partial charge in [0.25, 0.3) is 0 Å². The smallest absolute Gasteiger partial charge is 0.201 e. The van der Waals surface area contributed by atoms with Crippen molar-refractivity contribution in [1.82, 2.24) is 0 Å². The maximum absolute atomic E-state index is 13.0. The van der Waals surface area contributed by atoms with Crippen LogP contribution < -0.4 is 0 Å². The summed E-state index contributed by atoms with van der Waals surface area (Å²) in [6.45, 7) is 8.08. The highest BCUT2D eigenvalue weighted by Gasteiger charge is 2.36. The van der Waals surface area contributed by atoms with Crippen molar-refractivity contribution in [3.63, 3.8) is 0 Å². The van der Waals surface area contributed by atoms with Gasteiger partial charge in [0.15, 0.2) is 0 Å². The third kappa shape index (κ3) is 1.56. The minimum absolute atomic E-state index is 0.0428. The van der Waals surface area contributed by atoms with Crippen LogP contribution in [-0.2, 0) is 4.74 Å². The normalized spacial score (nSPS) is 52.6. The van der Waals surface area contributed by atoms with E-state index in [9.17, 15) is 4.39 Å². The van der Waals surface area contributed by atoms with Gasteiger partial charge in [-0.25, -0.2) is 4.39 Å². The van der Waals surface area contributed by atoms with E-state index in [0.29, 0.717) is 11.8 Å². The van der Waals surface area contributed by atoms with Crippen LogP contribution in [0, 0.1) is 17.8 Å². The molecule has 0 aromatic rings. The Morgan fingerprint density at radius 3 is 2.00 bits per heavy atom. The van der Waals surface area contributed by atoms with E-state index in [-0.39, 0.29) is 12.0 Å². The molecule has 1 nitrogen and oxygen atoms in total. The van der Waals surface area contributed by atoms with Crippen molar-refractivity contribution in [2.45, 2.75) is 40.2 Å². The first-order chi connectivity index (χ1) is 5.04. The van der Waals surface area contributed by atoms with E-state index < -0.39 is 6.36 Å². The summed E-state index contributed by atoms with van der Waals surface area (Å²) in [7, 11) is 0. The number of halogens is 1. The molecule has 0 bridgehead atoms. The van der Waals surface area contributed by atoms with Gasteiger partial charge in [0.2, 0.25) is 6.36 Å². The zero-order valence-electron chi connectivity index (χ0n) is 7.67. The number of ether oxygens (including phenoxy) is 1. The van der Waals surface area contributed by atoms with E-state index in [1.807, 2.05) is 13.8 Å². The fraction of sp³-hybridized carbons (Fsp3) is 1.00. The quantitative estimate of drug-likeness (QED) is 0.529. The predicted octanol–water partition coefficient (Wildman–Crippen LogP) is 2.61. The minimum Gasteiger partial charge on any atom is -0.345 e. The molecule has 0 aromatic carbocycles. The SMILES string of the molecule is CC1C(F)OC(C)[C@H](C)[C@@H]1C. The Kier molecular flexibility index (Phi) is 2.53. The van der Waals surface area contributed by atoms with Crippen molar-refractivity contribution in [1.29, 1.82) is 0 Å². The third-order valence-corrected chi connectivity index (χ3v) is 3.16. The number of hydrogen-bond acceptors (Lipinski definition) is 1. The summed E-state index contributed by atoms with van der Waals surface area (Å²) in [5, 5.41) is 0. The summed E-state index contributed by atoms with van der Waals surface area (Å²) >= 11 is 0. The van der Waals surface area contributed by atoms with E-state index in [2.05, 4.69) is 13.8 Å². The van der Waals surface area contributed by atoms with Crippen LogP contribution in [0.4, 0.5) is 4.39 Å². The second kappa shape index (κ2) is 3.10. The van der Waals surface area contributed by atoms with E-state index in [4.69, 9.17) is 4.74 Å². The van der Waals surface area contributed by atoms with Gasteiger partial charge in [-0.15, -0.1) is 0 Å². The number of hydrogen-bond donors (Lipinski definition) is 0. The lowest BCUT2D eigenvalue weighted by Gasteiger charge is -2.38. The summed E-state index contributed by atoms with van der Waals surface area (Å²) in [4.78, 5) is 0. The largest absolute Gasteiger partial charge is 0.345 e. The predicted molar refractivity (Wildman–Crippen MR) is 42.9 cm³/mol. The average Bonchev–Trinajstić information content (AvgIpc) is 1.97. The summed E-state index contributed by atoms with van der Waals surface area (Å²) in [6.07, 6.45) is -0.993. The molecule has 66 valence electrons. The van der Waals surface area contributed by atoms with Gasteiger partial charge in [-0.2, -0.15) is 0 Å². The first-order valence-electron chi connectivity index (χ1n) is 4.33. The summed E-state index contributed by atoms with van der Waals surface area (Å²) in [5.74, 6) is 0.937. The molecule has 1 heterocycles. The van der Waals surface area contributed by atoms with Gasteiger partial charge in [-0.1, -0.05) is 20.8 Å². The van der Waals surface area contributed by atoms with Crippen molar-refractivity contribution in [2.75, 3.05) is 0 Å². The minimum atomic E-state index is -1.06. The van der Waals surface area contributed by atoms with E-state index in [0.717, 1.165) is 0 Å². The maximum atomic E-state index is 13.0. The van der Waals surface area contributed by atoms with Crippen LogP contribution >= 0.6 is 0 Å². The molecule has 0 amide bonds. The first-order valence-corrected chi connectivity index (χ1v) is 4.33. The Morgan fingerprint density at radius 2 is 1.45 bits per heavy atom. The van der Waals surface area contributed by atoms with E-state index in [1.165, 1.54) is 0 Å². The molecule has 1 aliphatic heterocycles. The van der Waals surface area contributed by atoms with Crippen molar-refractivity contribution in [2.24, 2.45) is 17.8 Å². The summed E-state index contributed by atoms with van der Waals surface area (Å²) in [6, 6.07) is 0. The molecule has 0 saturated carbocycles. The van der Waals surface area contributed by atoms with Gasteiger partial charge in [-0.05, 0) is 18.8 Å². The zero-order chi connectivity index (χ0) is 8.59. The number of rotatable bonds is 0. The standard InChI is InChI=1S/C9H17FO/c1-5-6(2)8(4)11-9(10)7(5)3/h5-9H,1-4H3/t5-,6+,7?,8?,9?/m0/s1. The maximum Gasteiger partial charge on any atom is 0.201 e. The molecule has 0 spiro atoms. The van der Waals surface area contributed by atoms with Gasteiger partial charge in [0.05, 0.1) is 6.10 Å². The second-order valence-corrected chi connectivity index (χ2v) is 3.77. The molecule has 0 aliphatic carbocycles. The Balaban J connectivity index is 2.63. The van der Waals surface area contributed by atoms with Crippen LogP contribution in [0.25, 0.3) is 0 Å². The van der Waals surface area contributed by atoms with Crippen LogP contribution in [0.2, 0.25) is 0 Å². The molecule has 1 rings (SSSR count). The van der Waals surface area contributed by atoms with Crippen molar-refractivity contribution >= 4 is 0 Å². The Hall–Kier alpha value is -0.110. The third-order valence-electron chi connectivity index (χ3n) is 3.16. The Bertz CT molecular complexity index is 124. The summed E-state index contributed by atoms with van der Waals surface area (Å²) in [5.41, 5.74) is 0. The molecule has 2 heteroatoms. The molecule has 1 fully saturated rings. The van der Waals surface area contributed by atoms with Crippen LogP contribution in [0.1, 0.15) is 27.7 Å². The Morgan fingerprint density at radius 1 is 0.909 bits per heavy atom. The first kappa shape index (κ1) is 8.98. The topological polar surface area (TPSA) is 9.23 Å². The van der Waals surface area contributed by atoms with Crippen molar-refractivity contribution in [3.8, 4) is 0 Å². The zero-order valence-corrected chi connectivity index (χ0v) is 7.67. The lowest BCUT2D eigenvalue weighted by atomic mass is 9.80. The molecular weight excluding hydrogens is 143 g/mol. The molecular formula is C9H17FO. The fourth-order valence-corrected chi connectivity index (χ4v) is 1.60. The van der Waals surface area contributed by atoms with Crippen LogP contribution in [0.15, 0.2) is 0 Å². The fourth-order valence-electron chi connectivity index (χ4n) is 1.60. The van der Waals surface area contributed by atoms with Crippen LogP contribution in [0.3, 0.4) is 0 Å². The van der Waals surface area contributed by atoms with Crippen molar-refractivity contribution < 1.29 is 9.13 Å². The van der Waals surface area contributed by atoms with Gasteiger partial charge in [0.1, 0.15) is 0 Å². The summed E-state index contributed by atoms with van der Waals surface area (Å²) < 4.78 is 18.1. The lowest BCUT2D eigenvalue weighted by molar-refractivity contribution is -0.181. The molecule has 5 atom stereocenters. The number of alkyl halides is 1. The second-order valence-electron chi connectivity index (χ2n) is 3.77. The van der Waals surface area contributed by atoms with Crippen LogP contribution in [-0.4, -0.2) is 12.5 Å². The molecule has 11 heavy (non-hydrogen) atoms. The van der Waals surface area contributed by atoms with Crippen molar-refractivity contribution in [3.05, 3.63) is 0 Å². The monoisotopic (exact) mass is 160 g/mol. The van der Waals surface area contributed by atoms with Gasteiger partial charge in [0, 0.05) is 5.92 Å². The molecule has 0 aromatic heterocycles. The average molecular weight is 160 g/mol. The molecule has 1 aliphatic rings. The van der Waals surface area contributed by atoms with E-state index in [1.54, 1.807) is 0 Å². The van der Waals surface area contributed by atoms with Gasteiger partial charge < -0.3 is 4.74 Å².